The summed E-state index contributed by atoms with van der Waals surface area (Å²) in [5.41, 5.74) is 3.17. The molecule has 0 fully saturated rings. The van der Waals surface area contributed by atoms with Crippen LogP contribution in [-0.4, -0.2) is 71.6 Å². The number of carbonyl (C=O) groups excluding carboxylic acids is 3. The maximum Gasteiger partial charge on any atom is 0.410 e. The third-order valence-corrected chi connectivity index (χ3v) is 6.53. The van der Waals surface area contributed by atoms with Crippen LogP contribution in [-0.2, 0) is 20.9 Å². The van der Waals surface area contributed by atoms with Crippen LogP contribution in [0.5, 0.6) is 0 Å². The molecule has 43 heavy (non-hydrogen) atoms. The Balaban J connectivity index is 1.83. The molecule has 2 N–H and O–H groups in total. The number of likely N-dealkylation sites (N-methyl/N-ethyl adjacent to an activating group) is 1. The molecule has 0 spiro atoms. The summed E-state index contributed by atoms with van der Waals surface area (Å²) in [4.78, 5) is 56.4. The number of nitrogens with zero attached hydrogens (tertiary/aromatic N) is 3. The van der Waals surface area contributed by atoms with Crippen molar-refractivity contribution in [2.24, 2.45) is 0 Å². The lowest BCUT2D eigenvalue weighted by Crippen LogP contribution is -2.37. The van der Waals surface area contributed by atoms with Gasteiger partial charge in [0.2, 0.25) is 5.91 Å². The highest BCUT2D eigenvalue weighted by Crippen LogP contribution is 2.31. The van der Waals surface area contributed by atoms with Gasteiger partial charge >= 0.3 is 6.09 Å². The van der Waals surface area contributed by atoms with E-state index >= 15 is 0 Å². The van der Waals surface area contributed by atoms with E-state index in [-0.39, 0.29) is 36.8 Å². The number of fused-ring (bicyclic) bond motifs is 1. The topological polar surface area (TPSA) is 117 Å². The molecule has 0 radical (unpaired) electrons. The molecule has 1 aliphatic carbocycles. The minimum absolute atomic E-state index is 0.00199. The minimum Gasteiger partial charge on any atom is -0.436 e. The van der Waals surface area contributed by atoms with Crippen LogP contribution in [0.25, 0.3) is 11.4 Å². The molecule has 0 unspecified atom stereocenters. The second-order valence-electron chi connectivity index (χ2n) is 10.9. The zero-order valence-corrected chi connectivity index (χ0v) is 25.6. The van der Waals surface area contributed by atoms with E-state index < -0.39 is 23.7 Å². The van der Waals surface area contributed by atoms with Gasteiger partial charge in [0.15, 0.2) is 6.10 Å². The summed E-state index contributed by atoms with van der Waals surface area (Å²) in [6, 6.07) is 4.77. The lowest BCUT2D eigenvalue weighted by molar-refractivity contribution is -0.125. The van der Waals surface area contributed by atoms with E-state index in [0.717, 1.165) is 11.1 Å². The molecule has 230 valence electrons. The van der Waals surface area contributed by atoms with Crippen LogP contribution in [0.15, 0.2) is 65.1 Å². The van der Waals surface area contributed by atoms with E-state index in [4.69, 9.17) is 4.74 Å². The Hall–Kier alpha value is -4.67. The molecule has 1 atom stereocenters. The van der Waals surface area contributed by atoms with Gasteiger partial charge in [0.25, 0.3) is 11.5 Å². The third-order valence-electron chi connectivity index (χ3n) is 6.53. The van der Waals surface area contributed by atoms with E-state index in [9.17, 15) is 23.6 Å². The van der Waals surface area contributed by atoms with Crippen molar-refractivity contribution in [3.63, 3.8) is 0 Å². The van der Waals surface area contributed by atoms with Crippen LogP contribution in [0.1, 0.15) is 56.5 Å². The van der Waals surface area contributed by atoms with Gasteiger partial charge in [-0.3, -0.25) is 14.4 Å². The van der Waals surface area contributed by atoms with Crippen LogP contribution < -0.4 is 10.9 Å². The second-order valence-corrected chi connectivity index (χ2v) is 10.9. The number of hydrogen-bond donors (Lipinski definition) is 2. The highest BCUT2D eigenvalue weighted by Gasteiger charge is 2.25. The molecule has 10 nitrogen and oxygen atoms in total. The summed E-state index contributed by atoms with van der Waals surface area (Å²) in [6.07, 6.45) is 9.90. The highest BCUT2D eigenvalue weighted by molar-refractivity contribution is 5.95. The highest BCUT2D eigenvalue weighted by atomic mass is 19.1. The summed E-state index contributed by atoms with van der Waals surface area (Å²) in [6.45, 7) is 4.06. The first-order valence-electron chi connectivity index (χ1n) is 14.1. The molecule has 2 aromatic rings. The summed E-state index contributed by atoms with van der Waals surface area (Å²) >= 11 is 0. The number of ether oxygens (including phenoxy) is 1. The maximum absolute atomic E-state index is 15.0. The number of carbonyl (C=O) groups is 3. The predicted molar refractivity (Wildman–Crippen MR) is 166 cm³/mol. The van der Waals surface area contributed by atoms with Gasteiger partial charge in [-0.25, -0.2) is 9.18 Å². The number of hydrogen-bond acceptors (Lipinski definition) is 5. The fraction of sp³-hybridized carbons (Fsp3) is 0.375. The Labute approximate surface area is 251 Å². The SMILES string of the molecule is CC(C)=C/C1=C/CC/C=C(/F)c2cc(Cn3cccc(NC(=O)[C@H](CC/C=C/C(=O)N(C)C)OC(=O)N(C)C)c3=O)[nH]c21. The van der Waals surface area contributed by atoms with E-state index in [1.165, 1.54) is 40.6 Å². The number of aromatic amines is 1. The Morgan fingerprint density at radius 2 is 1.86 bits per heavy atom. The number of rotatable bonds is 10. The van der Waals surface area contributed by atoms with Crippen molar-refractivity contribution in [2.45, 2.75) is 52.2 Å². The Kier molecular flexibility index (Phi) is 11.4. The molecule has 0 aliphatic heterocycles. The van der Waals surface area contributed by atoms with Crippen LogP contribution in [0.2, 0.25) is 0 Å². The largest absolute Gasteiger partial charge is 0.436 e. The van der Waals surface area contributed by atoms with Gasteiger partial charge < -0.3 is 29.4 Å². The van der Waals surface area contributed by atoms with Crippen LogP contribution >= 0.6 is 0 Å². The minimum atomic E-state index is -1.21. The third kappa shape index (κ3) is 9.16. The van der Waals surface area contributed by atoms with Crippen LogP contribution in [0.3, 0.4) is 0 Å². The van der Waals surface area contributed by atoms with Crippen LogP contribution in [0, 0.1) is 0 Å². The number of H-pyrrole nitrogens is 1. The van der Waals surface area contributed by atoms with Crippen LogP contribution in [0.4, 0.5) is 14.9 Å². The smallest absolute Gasteiger partial charge is 0.410 e. The summed E-state index contributed by atoms with van der Waals surface area (Å²) in [7, 11) is 6.22. The molecule has 1 aliphatic rings. The van der Waals surface area contributed by atoms with Crippen molar-refractivity contribution in [1.29, 1.82) is 0 Å². The fourth-order valence-electron chi connectivity index (χ4n) is 4.32. The molecule has 0 bridgehead atoms. The summed E-state index contributed by atoms with van der Waals surface area (Å²) in [5.74, 6) is -1.21. The first kappa shape index (κ1) is 32.8. The van der Waals surface area contributed by atoms with E-state index in [2.05, 4.69) is 16.4 Å². The van der Waals surface area contributed by atoms with Crippen molar-refractivity contribution < 1.29 is 23.5 Å². The standard InChI is InChI=1S/C32H40FN5O5/c1-21(2)18-22-12-7-8-13-25(33)24-19-23(34-29(22)24)20-38-17-11-14-26(31(38)41)35-30(40)27(43-32(42)37(5)6)15-9-10-16-28(39)36(3)4/h10-14,16-19,27,34H,7-9,15,20H2,1-6H3,(H,35,40)/b16-10+,22-12-,25-13+/t27-/m0/s1. The molecule has 11 heteroatoms. The van der Waals surface area contributed by atoms with Gasteiger partial charge in [0.1, 0.15) is 11.5 Å². The van der Waals surface area contributed by atoms with Gasteiger partial charge in [-0.2, -0.15) is 0 Å². The molecular formula is C32H40FN5O5. The van der Waals surface area contributed by atoms with Gasteiger partial charge in [0, 0.05) is 45.6 Å². The van der Waals surface area contributed by atoms with E-state index in [0.29, 0.717) is 29.8 Å². The Morgan fingerprint density at radius 1 is 1.14 bits per heavy atom. The summed E-state index contributed by atoms with van der Waals surface area (Å²) < 4.78 is 21.7. The normalized spacial score (nSPS) is 16.0. The monoisotopic (exact) mass is 593 g/mol. The molecule has 0 saturated carbocycles. The lowest BCUT2D eigenvalue weighted by Gasteiger charge is -2.19. The number of aromatic nitrogens is 2. The van der Waals surface area contributed by atoms with Gasteiger partial charge in [0.05, 0.1) is 12.2 Å². The van der Waals surface area contributed by atoms with Crippen molar-refractivity contribution in [3.8, 4) is 0 Å². The number of nitrogens with one attached hydrogen (secondary N) is 2. The second kappa shape index (κ2) is 15.0. The van der Waals surface area contributed by atoms with Gasteiger partial charge in [-0.05, 0) is 75.5 Å². The number of anilines is 1. The number of halogens is 1. The van der Waals surface area contributed by atoms with Crippen molar-refractivity contribution in [3.05, 3.63) is 87.7 Å². The van der Waals surface area contributed by atoms with E-state index in [1.54, 1.807) is 44.6 Å². The molecule has 0 aromatic carbocycles. The average Bonchev–Trinajstić information content (AvgIpc) is 3.36. The Morgan fingerprint density at radius 3 is 2.53 bits per heavy atom. The number of pyridine rings is 1. The maximum atomic E-state index is 15.0. The van der Waals surface area contributed by atoms with Gasteiger partial charge in [-0.1, -0.05) is 23.8 Å². The quantitative estimate of drug-likeness (QED) is 0.372. The fourth-order valence-corrected chi connectivity index (χ4v) is 4.32. The van der Waals surface area contributed by atoms with Gasteiger partial charge in [-0.15, -0.1) is 0 Å². The molecule has 2 heterocycles. The van der Waals surface area contributed by atoms with Crippen molar-refractivity contribution in [2.75, 3.05) is 33.5 Å². The number of allylic oxidation sites excluding steroid dienone is 6. The van der Waals surface area contributed by atoms with Crippen molar-refractivity contribution >= 4 is 35.0 Å². The average molecular weight is 594 g/mol. The zero-order chi connectivity index (χ0) is 31.7. The molecule has 0 saturated heterocycles. The molecule has 3 amide bonds. The molecule has 3 rings (SSSR count). The number of amides is 3. The zero-order valence-electron chi connectivity index (χ0n) is 25.6. The first-order chi connectivity index (χ1) is 20.4. The predicted octanol–water partition coefficient (Wildman–Crippen LogP) is 5.11. The summed E-state index contributed by atoms with van der Waals surface area (Å²) in [5, 5.41) is 2.59. The van der Waals surface area contributed by atoms with E-state index in [1.807, 2.05) is 19.9 Å². The van der Waals surface area contributed by atoms with Crippen molar-refractivity contribution in [1.82, 2.24) is 19.4 Å². The Bertz CT molecular complexity index is 1520. The lowest BCUT2D eigenvalue weighted by atomic mass is 10.0. The molecule has 2 aromatic heterocycles. The molecular weight excluding hydrogens is 553 g/mol. The first-order valence-corrected chi connectivity index (χ1v) is 14.1.